The first-order valence-electron chi connectivity index (χ1n) is 5.34. The third kappa shape index (κ3) is 2.46. The molecule has 2 N–H and O–H groups in total. The number of hydrogen-bond acceptors (Lipinski definition) is 4. The maximum absolute atomic E-state index is 12.0. The van der Waals surface area contributed by atoms with E-state index < -0.39 is 6.10 Å². The summed E-state index contributed by atoms with van der Waals surface area (Å²) in [5, 5.41) is 21.2. The number of carbonyl (C=O) groups excluding carboxylic acids is 1. The molecule has 0 aromatic heterocycles. The minimum atomic E-state index is -0.429. The first-order valence-corrected chi connectivity index (χ1v) is 5.34. The molecule has 0 aromatic rings. The second-order valence-corrected chi connectivity index (χ2v) is 4.17. The Kier molecular flexibility index (Phi) is 4.54. The topological polar surface area (TPSA) is 76.4 Å². The Hall–Kier alpha value is -0.830. The number of carbonyl (C=O) groups is 1. The van der Waals surface area contributed by atoms with E-state index in [2.05, 4.69) is 11.4 Å². The van der Waals surface area contributed by atoms with Gasteiger partial charge in [-0.05, 0) is 19.3 Å². The number of rotatable bonds is 1. The average Bonchev–Trinajstić information content (AvgIpc) is 2.84. The molecular formula is C10H16ClN3O2. The second-order valence-electron chi connectivity index (χ2n) is 4.17. The maximum Gasteiger partial charge on any atom is 0.240 e. The van der Waals surface area contributed by atoms with Crippen molar-refractivity contribution in [3.63, 3.8) is 0 Å². The van der Waals surface area contributed by atoms with Gasteiger partial charge in [0.25, 0.3) is 0 Å². The van der Waals surface area contributed by atoms with Gasteiger partial charge < -0.3 is 15.3 Å². The molecule has 1 amide bonds. The summed E-state index contributed by atoms with van der Waals surface area (Å²) >= 11 is 0. The smallest absolute Gasteiger partial charge is 0.240 e. The van der Waals surface area contributed by atoms with Crippen molar-refractivity contribution in [1.29, 1.82) is 5.26 Å². The van der Waals surface area contributed by atoms with Crippen molar-refractivity contribution in [3.05, 3.63) is 0 Å². The monoisotopic (exact) mass is 245 g/mol. The maximum atomic E-state index is 12.0. The molecular weight excluding hydrogens is 230 g/mol. The fourth-order valence-corrected chi connectivity index (χ4v) is 2.27. The lowest BCUT2D eigenvalue weighted by molar-refractivity contribution is -0.133. The first-order chi connectivity index (χ1) is 7.22. The molecule has 2 aliphatic heterocycles. The highest BCUT2D eigenvalue weighted by molar-refractivity contribution is 5.85. The van der Waals surface area contributed by atoms with E-state index in [9.17, 15) is 9.90 Å². The average molecular weight is 246 g/mol. The van der Waals surface area contributed by atoms with Crippen molar-refractivity contribution >= 4 is 18.3 Å². The lowest BCUT2D eigenvalue weighted by atomic mass is 10.1. The normalized spacial score (nSPS) is 33.2. The molecule has 0 unspecified atom stereocenters. The molecule has 0 radical (unpaired) electrons. The van der Waals surface area contributed by atoms with Gasteiger partial charge in [0.2, 0.25) is 5.91 Å². The van der Waals surface area contributed by atoms with E-state index in [-0.39, 0.29) is 30.4 Å². The number of halogens is 1. The summed E-state index contributed by atoms with van der Waals surface area (Å²) in [6.45, 7) is 1.15. The molecule has 0 saturated carbocycles. The van der Waals surface area contributed by atoms with E-state index in [1.807, 2.05) is 0 Å². The number of nitriles is 1. The Morgan fingerprint density at radius 3 is 2.88 bits per heavy atom. The Bertz CT molecular complexity index is 305. The van der Waals surface area contributed by atoms with E-state index in [0.29, 0.717) is 19.5 Å². The number of aliphatic hydroxyl groups is 1. The largest absolute Gasteiger partial charge is 0.392 e. The molecule has 16 heavy (non-hydrogen) atoms. The quantitative estimate of drug-likeness (QED) is 0.662. The first kappa shape index (κ1) is 13.2. The Morgan fingerprint density at radius 1 is 1.56 bits per heavy atom. The summed E-state index contributed by atoms with van der Waals surface area (Å²) in [6.07, 6.45) is 1.71. The summed E-state index contributed by atoms with van der Waals surface area (Å²) in [6, 6.07) is 1.58. The number of nitrogens with zero attached hydrogens (tertiary/aromatic N) is 2. The fraction of sp³-hybridized carbons (Fsp3) is 0.800. The van der Waals surface area contributed by atoms with Crippen LogP contribution < -0.4 is 5.32 Å². The SMILES string of the molecule is Cl.N#C[C@@H]1CCCN1C(=O)[C@@H]1C[C@H](O)CN1. The number of β-amino-alcohol motifs (C(OH)–C–C–N with tert-alkyl or cyclic N) is 1. The predicted molar refractivity (Wildman–Crippen MR) is 60.0 cm³/mol. The van der Waals surface area contributed by atoms with Crippen LogP contribution in [0.1, 0.15) is 19.3 Å². The van der Waals surface area contributed by atoms with Gasteiger partial charge in [0, 0.05) is 13.1 Å². The van der Waals surface area contributed by atoms with Gasteiger partial charge in [-0.15, -0.1) is 12.4 Å². The van der Waals surface area contributed by atoms with Crippen LogP contribution in [0.5, 0.6) is 0 Å². The Morgan fingerprint density at radius 2 is 2.31 bits per heavy atom. The highest BCUT2D eigenvalue weighted by Crippen LogP contribution is 2.19. The molecule has 0 spiro atoms. The Balaban J connectivity index is 0.00000128. The summed E-state index contributed by atoms with van der Waals surface area (Å²) in [5.41, 5.74) is 0. The minimum absolute atomic E-state index is 0. The molecule has 0 aromatic carbocycles. The van der Waals surface area contributed by atoms with Crippen molar-refractivity contribution in [3.8, 4) is 6.07 Å². The summed E-state index contributed by atoms with van der Waals surface area (Å²) in [7, 11) is 0. The van der Waals surface area contributed by atoms with Crippen LogP contribution in [-0.4, -0.2) is 47.2 Å². The van der Waals surface area contributed by atoms with Crippen LogP contribution in [0.4, 0.5) is 0 Å². The molecule has 2 rings (SSSR count). The molecule has 2 aliphatic rings. The van der Waals surface area contributed by atoms with E-state index in [1.54, 1.807) is 4.90 Å². The zero-order valence-corrected chi connectivity index (χ0v) is 9.74. The van der Waals surface area contributed by atoms with E-state index in [0.717, 1.165) is 12.8 Å². The molecule has 0 bridgehead atoms. The predicted octanol–water partition coefficient (Wildman–Crippen LogP) is -0.354. The van der Waals surface area contributed by atoms with Crippen LogP contribution in [0.3, 0.4) is 0 Å². The fourth-order valence-electron chi connectivity index (χ4n) is 2.27. The molecule has 3 atom stereocenters. The highest BCUT2D eigenvalue weighted by Gasteiger charge is 2.36. The van der Waals surface area contributed by atoms with E-state index >= 15 is 0 Å². The lowest BCUT2D eigenvalue weighted by Gasteiger charge is -2.23. The zero-order chi connectivity index (χ0) is 10.8. The van der Waals surface area contributed by atoms with Crippen molar-refractivity contribution in [1.82, 2.24) is 10.2 Å². The standard InChI is InChI=1S/C10H15N3O2.ClH/c11-5-7-2-1-3-13(7)10(15)9-4-8(14)6-12-9;/h7-9,12,14H,1-4,6H2;1H/t7-,8-,9-;/m0./s1. The lowest BCUT2D eigenvalue weighted by Crippen LogP contribution is -2.45. The molecule has 2 fully saturated rings. The second kappa shape index (κ2) is 5.48. The van der Waals surface area contributed by atoms with Gasteiger partial charge in [-0.3, -0.25) is 4.79 Å². The van der Waals surface area contributed by atoms with Crippen LogP contribution in [0.25, 0.3) is 0 Å². The van der Waals surface area contributed by atoms with Gasteiger partial charge in [-0.25, -0.2) is 0 Å². The molecule has 6 heteroatoms. The summed E-state index contributed by atoms with van der Waals surface area (Å²) < 4.78 is 0. The summed E-state index contributed by atoms with van der Waals surface area (Å²) in [4.78, 5) is 13.6. The van der Waals surface area contributed by atoms with Crippen LogP contribution in [0.2, 0.25) is 0 Å². The van der Waals surface area contributed by atoms with E-state index in [4.69, 9.17) is 5.26 Å². The van der Waals surface area contributed by atoms with Gasteiger partial charge in [-0.1, -0.05) is 0 Å². The zero-order valence-electron chi connectivity index (χ0n) is 8.93. The summed E-state index contributed by atoms with van der Waals surface area (Å²) in [5.74, 6) is -0.0319. The van der Waals surface area contributed by atoms with Crippen LogP contribution in [0, 0.1) is 11.3 Å². The van der Waals surface area contributed by atoms with E-state index in [1.165, 1.54) is 0 Å². The molecule has 2 saturated heterocycles. The van der Waals surface area contributed by atoms with Gasteiger partial charge in [0.15, 0.2) is 0 Å². The third-order valence-corrected chi connectivity index (χ3v) is 3.09. The third-order valence-electron chi connectivity index (χ3n) is 3.09. The van der Waals surface area contributed by atoms with Gasteiger partial charge in [0.1, 0.15) is 6.04 Å². The Labute approximate surface area is 101 Å². The van der Waals surface area contributed by atoms with Crippen LogP contribution >= 0.6 is 12.4 Å². The van der Waals surface area contributed by atoms with Crippen molar-refractivity contribution in [2.75, 3.05) is 13.1 Å². The molecule has 90 valence electrons. The van der Waals surface area contributed by atoms with Crippen molar-refractivity contribution in [2.24, 2.45) is 0 Å². The van der Waals surface area contributed by atoms with Crippen molar-refractivity contribution < 1.29 is 9.90 Å². The minimum Gasteiger partial charge on any atom is -0.392 e. The number of hydrogen-bond donors (Lipinski definition) is 2. The van der Waals surface area contributed by atoms with Gasteiger partial charge >= 0.3 is 0 Å². The molecule has 0 aliphatic carbocycles. The number of amides is 1. The van der Waals surface area contributed by atoms with Crippen molar-refractivity contribution in [2.45, 2.75) is 37.5 Å². The van der Waals surface area contributed by atoms with Gasteiger partial charge in [0.05, 0.1) is 18.2 Å². The van der Waals surface area contributed by atoms with Crippen LogP contribution in [0.15, 0.2) is 0 Å². The number of likely N-dealkylation sites (tertiary alicyclic amines) is 1. The van der Waals surface area contributed by atoms with Crippen LogP contribution in [-0.2, 0) is 4.79 Å². The molecule has 5 nitrogen and oxygen atoms in total. The number of aliphatic hydroxyl groups excluding tert-OH is 1. The molecule has 2 heterocycles. The number of nitrogens with one attached hydrogen (secondary N) is 1. The van der Waals surface area contributed by atoms with Gasteiger partial charge in [-0.2, -0.15) is 5.26 Å². The highest BCUT2D eigenvalue weighted by atomic mass is 35.5.